The maximum atomic E-state index is 5.15. The summed E-state index contributed by atoms with van der Waals surface area (Å²) in [6, 6.07) is 58.6. The lowest BCUT2D eigenvalue weighted by Gasteiger charge is -2.29. The van der Waals surface area contributed by atoms with Crippen LogP contribution in [0.2, 0.25) is 0 Å². The summed E-state index contributed by atoms with van der Waals surface area (Å²) in [5.41, 5.74) is 6.17. The predicted octanol–water partition coefficient (Wildman–Crippen LogP) is 10.6. The topological polar surface area (TPSA) is 41.9 Å². The van der Waals surface area contributed by atoms with Crippen LogP contribution < -0.4 is 4.90 Å². The van der Waals surface area contributed by atoms with E-state index < -0.39 is 0 Å². The Kier molecular flexibility index (Phi) is 6.78. The van der Waals surface area contributed by atoms with Crippen LogP contribution in [0.4, 0.5) is 17.1 Å². The number of hydrogen-bond donors (Lipinski definition) is 0. The fraction of sp³-hybridized carbons (Fsp3) is 0. The van der Waals surface area contributed by atoms with Crippen LogP contribution in [0.5, 0.6) is 0 Å². The van der Waals surface area contributed by atoms with E-state index in [9.17, 15) is 0 Å². The maximum Gasteiger partial charge on any atom is 0.165 e. The Hall–Kier alpha value is -6.13. The van der Waals surface area contributed by atoms with Crippen molar-refractivity contribution in [2.45, 2.75) is 0 Å². The van der Waals surface area contributed by atoms with Gasteiger partial charge in [0.2, 0.25) is 0 Å². The van der Waals surface area contributed by atoms with Crippen LogP contribution in [0.15, 0.2) is 170 Å². The molecule has 1 heterocycles. The Morgan fingerprint density at radius 2 is 0.644 bits per heavy atom. The first-order valence-electron chi connectivity index (χ1n) is 15.1. The van der Waals surface area contributed by atoms with Gasteiger partial charge in [0.25, 0.3) is 0 Å². The van der Waals surface area contributed by atoms with Crippen molar-refractivity contribution in [2.24, 2.45) is 0 Å². The van der Waals surface area contributed by atoms with E-state index >= 15 is 0 Å². The van der Waals surface area contributed by atoms with Crippen molar-refractivity contribution in [3.63, 3.8) is 0 Å². The lowest BCUT2D eigenvalue weighted by atomic mass is 9.93. The van der Waals surface area contributed by atoms with E-state index in [-0.39, 0.29) is 0 Å². The summed E-state index contributed by atoms with van der Waals surface area (Å²) < 4.78 is 0. The highest BCUT2D eigenvalue weighted by Crippen LogP contribution is 2.47. The van der Waals surface area contributed by atoms with Gasteiger partial charge in [0.15, 0.2) is 17.5 Å². The van der Waals surface area contributed by atoms with Crippen LogP contribution in [0.25, 0.3) is 55.7 Å². The Labute approximate surface area is 261 Å². The predicted molar refractivity (Wildman–Crippen MR) is 186 cm³/mol. The molecule has 0 amide bonds. The average molecular weight is 577 g/mol. The summed E-state index contributed by atoms with van der Waals surface area (Å²) >= 11 is 0. The number of nitrogens with zero attached hydrogens (tertiary/aromatic N) is 4. The molecule has 0 aliphatic carbocycles. The van der Waals surface area contributed by atoms with Gasteiger partial charge in [-0.25, -0.2) is 15.0 Å². The Balaban J connectivity index is 1.47. The van der Waals surface area contributed by atoms with Crippen LogP contribution >= 0.6 is 0 Å². The van der Waals surface area contributed by atoms with Crippen LogP contribution in [0.3, 0.4) is 0 Å². The summed E-state index contributed by atoms with van der Waals surface area (Å²) in [7, 11) is 0. The zero-order valence-electron chi connectivity index (χ0n) is 24.5. The molecule has 0 radical (unpaired) electrons. The third-order valence-electron chi connectivity index (χ3n) is 8.08. The molecule has 45 heavy (non-hydrogen) atoms. The molecule has 8 aromatic rings. The highest BCUT2D eigenvalue weighted by molar-refractivity contribution is 6.21. The molecule has 1 aromatic heterocycles. The molecule has 0 unspecified atom stereocenters. The largest absolute Gasteiger partial charge is 0.309 e. The first kappa shape index (κ1) is 26.5. The molecule has 0 bridgehead atoms. The minimum absolute atomic E-state index is 0.645. The second-order valence-electron chi connectivity index (χ2n) is 10.9. The standard InChI is InChI=1S/C41H28N4/c1-5-17-29(18-6-1)39-42-40(30-19-7-2-8-20-30)44-41(43-39)37-33-25-13-15-27-35(33)38(36-28-16-14-26-34(36)37)45(31-21-9-3-10-22-31)32-23-11-4-12-24-32/h1-28H. The molecule has 0 saturated heterocycles. The van der Waals surface area contributed by atoms with Crippen molar-refractivity contribution in [1.82, 2.24) is 15.0 Å². The van der Waals surface area contributed by atoms with Crippen LogP contribution in [0, 0.1) is 0 Å². The van der Waals surface area contributed by atoms with Crippen LogP contribution in [-0.2, 0) is 0 Å². The van der Waals surface area contributed by atoms with Gasteiger partial charge in [0.05, 0.1) is 5.69 Å². The molecule has 212 valence electrons. The van der Waals surface area contributed by atoms with Gasteiger partial charge in [-0.15, -0.1) is 0 Å². The number of benzene rings is 7. The highest BCUT2D eigenvalue weighted by atomic mass is 15.1. The third kappa shape index (κ3) is 4.89. The van der Waals surface area contributed by atoms with Gasteiger partial charge >= 0.3 is 0 Å². The molecule has 8 rings (SSSR count). The molecule has 4 nitrogen and oxygen atoms in total. The summed E-state index contributed by atoms with van der Waals surface area (Å²) in [4.78, 5) is 17.6. The summed E-state index contributed by atoms with van der Waals surface area (Å²) in [5, 5.41) is 4.38. The van der Waals surface area contributed by atoms with E-state index in [4.69, 9.17) is 15.0 Å². The van der Waals surface area contributed by atoms with E-state index in [0.29, 0.717) is 17.5 Å². The normalized spacial score (nSPS) is 11.1. The zero-order valence-corrected chi connectivity index (χ0v) is 24.5. The maximum absolute atomic E-state index is 5.15. The second kappa shape index (κ2) is 11.5. The number of aromatic nitrogens is 3. The Morgan fingerprint density at radius 1 is 0.311 bits per heavy atom. The molecule has 0 atom stereocenters. The fourth-order valence-corrected chi connectivity index (χ4v) is 6.07. The molecule has 0 saturated carbocycles. The number of rotatable bonds is 6. The van der Waals surface area contributed by atoms with E-state index in [1.807, 2.05) is 60.7 Å². The molecule has 7 aromatic carbocycles. The van der Waals surface area contributed by atoms with Crippen molar-refractivity contribution < 1.29 is 0 Å². The first-order valence-corrected chi connectivity index (χ1v) is 15.1. The number of anilines is 3. The average Bonchev–Trinajstić information content (AvgIpc) is 3.13. The van der Waals surface area contributed by atoms with Gasteiger partial charge < -0.3 is 4.90 Å². The second-order valence-corrected chi connectivity index (χ2v) is 10.9. The quantitative estimate of drug-likeness (QED) is 0.185. The Bertz CT molecular complexity index is 2100. The molecule has 0 N–H and O–H groups in total. The molecule has 0 aliphatic rings. The van der Waals surface area contributed by atoms with Gasteiger partial charge in [0, 0.05) is 38.8 Å². The van der Waals surface area contributed by atoms with Gasteiger partial charge in [-0.05, 0) is 35.0 Å². The van der Waals surface area contributed by atoms with Gasteiger partial charge in [0.1, 0.15) is 0 Å². The molecule has 0 fully saturated rings. The van der Waals surface area contributed by atoms with Crippen molar-refractivity contribution in [3.05, 3.63) is 170 Å². The third-order valence-corrected chi connectivity index (χ3v) is 8.08. The summed E-state index contributed by atoms with van der Waals surface area (Å²) in [6.07, 6.45) is 0. The van der Waals surface area contributed by atoms with E-state index in [1.165, 1.54) is 0 Å². The summed E-state index contributed by atoms with van der Waals surface area (Å²) in [5.74, 6) is 1.94. The number of fused-ring (bicyclic) bond motifs is 2. The lowest BCUT2D eigenvalue weighted by Crippen LogP contribution is -2.11. The SMILES string of the molecule is c1ccc(-c2nc(-c3ccccc3)nc(-c3c4ccccc4c(N(c4ccccc4)c4ccccc4)c4ccccc34)n2)cc1. The van der Waals surface area contributed by atoms with E-state index in [0.717, 1.165) is 55.3 Å². The van der Waals surface area contributed by atoms with Gasteiger partial charge in [-0.1, -0.05) is 146 Å². The van der Waals surface area contributed by atoms with E-state index in [2.05, 4.69) is 114 Å². The monoisotopic (exact) mass is 576 g/mol. The van der Waals surface area contributed by atoms with Crippen molar-refractivity contribution >= 4 is 38.6 Å². The fourth-order valence-electron chi connectivity index (χ4n) is 6.07. The first-order chi connectivity index (χ1) is 22.3. The minimum atomic E-state index is 0.645. The molecule has 0 aliphatic heterocycles. The highest BCUT2D eigenvalue weighted by Gasteiger charge is 2.23. The zero-order chi connectivity index (χ0) is 30.0. The minimum Gasteiger partial charge on any atom is -0.309 e. The number of hydrogen-bond acceptors (Lipinski definition) is 4. The van der Waals surface area contributed by atoms with E-state index in [1.54, 1.807) is 0 Å². The molecular weight excluding hydrogens is 548 g/mol. The smallest absolute Gasteiger partial charge is 0.165 e. The lowest BCUT2D eigenvalue weighted by molar-refractivity contribution is 1.08. The van der Waals surface area contributed by atoms with Crippen LogP contribution in [-0.4, -0.2) is 15.0 Å². The van der Waals surface area contributed by atoms with Crippen LogP contribution in [0.1, 0.15) is 0 Å². The van der Waals surface area contributed by atoms with Gasteiger partial charge in [-0.3, -0.25) is 0 Å². The van der Waals surface area contributed by atoms with Crippen molar-refractivity contribution in [2.75, 3.05) is 4.90 Å². The Morgan fingerprint density at radius 3 is 1.07 bits per heavy atom. The van der Waals surface area contributed by atoms with Crippen molar-refractivity contribution in [1.29, 1.82) is 0 Å². The van der Waals surface area contributed by atoms with Crippen molar-refractivity contribution in [3.8, 4) is 34.2 Å². The summed E-state index contributed by atoms with van der Waals surface area (Å²) in [6.45, 7) is 0. The van der Waals surface area contributed by atoms with Gasteiger partial charge in [-0.2, -0.15) is 0 Å². The molecule has 4 heteroatoms. The molecular formula is C41H28N4. The number of para-hydroxylation sites is 2. The molecule has 0 spiro atoms.